The van der Waals surface area contributed by atoms with Crippen LogP contribution in [0.15, 0.2) is 30.0 Å². The smallest absolute Gasteiger partial charge is 0.0834 e. The van der Waals surface area contributed by atoms with Crippen molar-refractivity contribution in [1.82, 2.24) is 5.32 Å². The first-order valence-corrected chi connectivity index (χ1v) is 6.05. The highest BCUT2D eigenvalue weighted by Gasteiger charge is 2.18. The summed E-state index contributed by atoms with van der Waals surface area (Å²) < 4.78 is 0. The lowest BCUT2D eigenvalue weighted by atomic mass is 9.88. The topological polar surface area (TPSA) is 12.0 Å². The molecule has 1 atom stereocenters. The van der Waals surface area contributed by atoms with Gasteiger partial charge in [-0.2, -0.15) is 0 Å². The summed E-state index contributed by atoms with van der Waals surface area (Å²) in [6, 6.07) is 6.52. The molecule has 1 aliphatic heterocycles. The Kier molecular flexibility index (Phi) is 3.10. The van der Waals surface area contributed by atoms with E-state index in [0.717, 1.165) is 11.4 Å². The van der Waals surface area contributed by atoms with Crippen LogP contribution in [0.3, 0.4) is 0 Å². The molecule has 0 spiro atoms. The maximum Gasteiger partial charge on any atom is 0.0834 e. The molecular formula is C14H17NS. The van der Waals surface area contributed by atoms with Crippen molar-refractivity contribution in [3.63, 3.8) is 0 Å². The fourth-order valence-electron chi connectivity index (χ4n) is 2.18. The van der Waals surface area contributed by atoms with Crippen LogP contribution in [0.5, 0.6) is 0 Å². The first kappa shape index (κ1) is 11.3. The normalized spacial score (nSPS) is 16.9. The van der Waals surface area contributed by atoms with Gasteiger partial charge in [0.2, 0.25) is 0 Å². The van der Waals surface area contributed by atoms with E-state index in [1.807, 2.05) is 0 Å². The Morgan fingerprint density at radius 1 is 1.31 bits per heavy atom. The van der Waals surface area contributed by atoms with Crippen molar-refractivity contribution in [2.75, 3.05) is 0 Å². The van der Waals surface area contributed by atoms with Crippen LogP contribution < -0.4 is 5.32 Å². The third-order valence-corrected chi connectivity index (χ3v) is 3.71. The summed E-state index contributed by atoms with van der Waals surface area (Å²) in [5, 5.41) is 3.12. The number of thiocarbonyl (C=S) groups is 1. The van der Waals surface area contributed by atoms with Gasteiger partial charge in [-0.3, -0.25) is 0 Å². The second kappa shape index (κ2) is 4.38. The molecule has 0 unspecified atom stereocenters. The predicted molar refractivity (Wildman–Crippen MR) is 72.8 cm³/mol. The molecule has 0 saturated carbocycles. The van der Waals surface area contributed by atoms with Crippen molar-refractivity contribution >= 4 is 17.2 Å². The van der Waals surface area contributed by atoms with E-state index in [-0.39, 0.29) is 0 Å². The SMILES string of the molecule is Cc1cccc([C@H](C)C2=CNC(=S)C2)c1C. The zero-order chi connectivity index (χ0) is 11.7. The molecule has 1 heterocycles. The van der Waals surface area contributed by atoms with Gasteiger partial charge in [-0.15, -0.1) is 0 Å². The number of rotatable bonds is 2. The average Bonchev–Trinajstić information content (AvgIpc) is 2.68. The number of hydrogen-bond donors (Lipinski definition) is 1. The first-order valence-electron chi connectivity index (χ1n) is 5.64. The zero-order valence-electron chi connectivity index (χ0n) is 10.0. The van der Waals surface area contributed by atoms with E-state index in [4.69, 9.17) is 12.2 Å². The third kappa shape index (κ3) is 2.03. The largest absolute Gasteiger partial charge is 0.356 e. The molecule has 84 valence electrons. The van der Waals surface area contributed by atoms with E-state index in [9.17, 15) is 0 Å². The molecule has 0 saturated heterocycles. The molecule has 0 aromatic heterocycles. The summed E-state index contributed by atoms with van der Waals surface area (Å²) in [5.74, 6) is 0.452. The minimum atomic E-state index is 0.452. The molecular weight excluding hydrogens is 214 g/mol. The number of hydrogen-bond acceptors (Lipinski definition) is 1. The molecule has 1 aromatic rings. The van der Waals surface area contributed by atoms with Crippen LogP contribution in [0.4, 0.5) is 0 Å². The summed E-state index contributed by atoms with van der Waals surface area (Å²) in [7, 11) is 0. The minimum Gasteiger partial charge on any atom is -0.356 e. The molecule has 16 heavy (non-hydrogen) atoms. The Hall–Kier alpha value is -1.15. The Bertz CT molecular complexity index is 460. The van der Waals surface area contributed by atoms with Crippen molar-refractivity contribution in [2.45, 2.75) is 33.1 Å². The molecule has 1 nitrogen and oxygen atoms in total. The van der Waals surface area contributed by atoms with Gasteiger partial charge < -0.3 is 5.32 Å². The second-order valence-electron chi connectivity index (χ2n) is 4.47. The van der Waals surface area contributed by atoms with E-state index >= 15 is 0 Å². The van der Waals surface area contributed by atoms with Gasteiger partial charge in [0.25, 0.3) is 0 Å². The van der Waals surface area contributed by atoms with Crippen LogP contribution in [-0.4, -0.2) is 4.99 Å². The van der Waals surface area contributed by atoms with Crippen LogP contribution in [-0.2, 0) is 0 Å². The fourth-order valence-corrected chi connectivity index (χ4v) is 2.41. The highest BCUT2D eigenvalue weighted by molar-refractivity contribution is 7.80. The maximum absolute atomic E-state index is 5.16. The highest BCUT2D eigenvalue weighted by atomic mass is 32.1. The van der Waals surface area contributed by atoms with Crippen LogP contribution >= 0.6 is 12.2 Å². The van der Waals surface area contributed by atoms with E-state index in [0.29, 0.717) is 5.92 Å². The van der Waals surface area contributed by atoms with Gasteiger partial charge in [-0.25, -0.2) is 0 Å². The van der Waals surface area contributed by atoms with E-state index in [1.54, 1.807) is 0 Å². The zero-order valence-corrected chi connectivity index (χ0v) is 10.8. The molecule has 0 amide bonds. The van der Waals surface area contributed by atoms with Crippen LogP contribution in [0.25, 0.3) is 0 Å². The standard InChI is InChI=1S/C14H17NS/c1-9-5-4-6-13(10(9)2)11(3)12-7-14(16)15-8-12/h4-6,8,11H,7H2,1-3H3,(H,15,16)/t11-/m1/s1. The quantitative estimate of drug-likeness (QED) is 0.780. The molecule has 2 heteroatoms. The number of nitrogens with one attached hydrogen (secondary N) is 1. The van der Waals surface area contributed by atoms with Crippen LogP contribution in [0, 0.1) is 13.8 Å². The molecule has 1 aromatic carbocycles. The Morgan fingerprint density at radius 3 is 2.69 bits per heavy atom. The van der Waals surface area contributed by atoms with Crippen molar-refractivity contribution in [1.29, 1.82) is 0 Å². The van der Waals surface area contributed by atoms with Gasteiger partial charge in [-0.1, -0.05) is 37.3 Å². The average molecular weight is 231 g/mol. The van der Waals surface area contributed by atoms with Crippen LogP contribution in [0.1, 0.15) is 36.0 Å². The molecule has 2 rings (SSSR count). The fraction of sp³-hybridized carbons (Fsp3) is 0.357. The summed E-state index contributed by atoms with van der Waals surface area (Å²) in [4.78, 5) is 0.937. The Morgan fingerprint density at radius 2 is 2.06 bits per heavy atom. The summed E-state index contributed by atoms with van der Waals surface area (Å²) in [5.41, 5.74) is 5.56. The third-order valence-electron chi connectivity index (χ3n) is 3.45. The second-order valence-corrected chi connectivity index (χ2v) is 4.97. The van der Waals surface area contributed by atoms with Gasteiger partial charge >= 0.3 is 0 Å². The van der Waals surface area contributed by atoms with Gasteiger partial charge in [0, 0.05) is 18.5 Å². The van der Waals surface area contributed by atoms with Gasteiger partial charge in [0.1, 0.15) is 0 Å². The molecule has 0 bridgehead atoms. The monoisotopic (exact) mass is 231 g/mol. The molecule has 1 aliphatic rings. The summed E-state index contributed by atoms with van der Waals surface area (Å²) in [6.45, 7) is 6.61. The van der Waals surface area contributed by atoms with E-state index in [2.05, 4.69) is 50.5 Å². The van der Waals surface area contributed by atoms with Crippen molar-refractivity contribution < 1.29 is 0 Å². The van der Waals surface area contributed by atoms with Gasteiger partial charge in [0.05, 0.1) is 4.99 Å². The molecule has 0 radical (unpaired) electrons. The molecule has 1 N–H and O–H groups in total. The van der Waals surface area contributed by atoms with Crippen molar-refractivity contribution in [3.8, 4) is 0 Å². The number of benzene rings is 1. The first-order chi connectivity index (χ1) is 7.59. The van der Waals surface area contributed by atoms with Gasteiger partial charge in [0.15, 0.2) is 0 Å². The minimum absolute atomic E-state index is 0.452. The Labute approximate surface area is 103 Å². The predicted octanol–water partition coefficient (Wildman–Crippen LogP) is 3.61. The van der Waals surface area contributed by atoms with Crippen molar-refractivity contribution in [2.24, 2.45) is 0 Å². The van der Waals surface area contributed by atoms with E-state index < -0.39 is 0 Å². The number of aryl methyl sites for hydroxylation is 1. The lowest BCUT2D eigenvalue weighted by molar-refractivity contribution is 0.868. The van der Waals surface area contributed by atoms with Gasteiger partial charge in [-0.05, 0) is 36.1 Å². The Balaban J connectivity index is 2.31. The lowest BCUT2D eigenvalue weighted by Crippen LogP contribution is -2.06. The highest BCUT2D eigenvalue weighted by Crippen LogP contribution is 2.31. The summed E-state index contributed by atoms with van der Waals surface area (Å²) >= 11 is 5.16. The van der Waals surface area contributed by atoms with E-state index in [1.165, 1.54) is 22.3 Å². The lowest BCUT2D eigenvalue weighted by Gasteiger charge is -2.16. The van der Waals surface area contributed by atoms with Crippen molar-refractivity contribution in [3.05, 3.63) is 46.7 Å². The maximum atomic E-state index is 5.16. The molecule has 0 aliphatic carbocycles. The van der Waals surface area contributed by atoms with Crippen LogP contribution in [0.2, 0.25) is 0 Å². The summed E-state index contributed by atoms with van der Waals surface area (Å²) in [6.07, 6.45) is 2.97. The molecule has 0 fully saturated rings.